The number of hydrogen-bond donors (Lipinski definition) is 2. The summed E-state index contributed by atoms with van der Waals surface area (Å²) in [7, 11) is -2.25. The minimum absolute atomic E-state index is 0.270. The van der Waals surface area contributed by atoms with Crippen molar-refractivity contribution in [2.24, 2.45) is 7.05 Å². The van der Waals surface area contributed by atoms with Gasteiger partial charge in [0.15, 0.2) is 0 Å². The highest BCUT2D eigenvalue weighted by Crippen LogP contribution is 2.32. The lowest BCUT2D eigenvalue weighted by Crippen LogP contribution is -2.30. The Morgan fingerprint density at radius 3 is 2.72 bits per heavy atom. The summed E-state index contributed by atoms with van der Waals surface area (Å²) >= 11 is 0. The molecular weight excluding hydrogens is 497 g/mol. The van der Waals surface area contributed by atoms with Crippen molar-refractivity contribution in [1.29, 1.82) is 0 Å². The van der Waals surface area contributed by atoms with Crippen molar-refractivity contribution >= 4 is 33.0 Å². The molecule has 0 atom stereocenters. The van der Waals surface area contributed by atoms with Crippen LogP contribution in [0.2, 0.25) is 0 Å². The number of rotatable bonds is 10. The summed E-state index contributed by atoms with van der Waals surface area (Å²) in [5, 5.41) is 7.57. The number of pyridine rings is 1. The van der Waals surface area contributed by atoms with Gasteiger partial charge in [0.05, 0.1) is 17.0 Å². The lowest BCUT2D eigenvalue weighted by molar-refractivity contribution is -0.137. The number of carbonyl (C=O) groups is 1. The van der Waals surface area contributed by atoms with Crippen LogP contribution in [-0.4, -0.2) is 46.0 Å². The number of aryl methyl sites for hydroxylation is 2. The first-order valence-electron chi connectivity index (χ1n) is 11.1. The molecule has 0 aliphatic heterocycles. The molecule has 0 saturated carbocycles. The van der Waals surface area contributed by atoms with Gasteiger partial charge < -0.3 is 5.32 Å². The molecule has 0 saturated heterocycles. The molecule has 0 radical (unpaired) electrons. The van der Waals surface area contributed by atoms with Crippen LogP contribution in [0.4, 0.5) is 13.2 Å². The minimum atomic E-state index is -4.52. The predicted molar refractivity (Wildman–Crippen MR) is 131 cm³/mol. The van der Waals surface area contributed by atoms with Crippen LogP contribution in [0.5, 0.6) is 0 Å². The molecule has 13 heteroatoms. The second kappa shape index (κ2) is 11.0. The van der Waals surface area contributed by atoms with Crippen LogP contribution >= 0.6 is 0 Å². The van der Waals surface area contributed by atoms with Crippen LogP contribution in [0.3, 0.4) is 0 Å². The molecule has 194 valence electrons. The van der Waals surface area contributed by atoms with Gasteiger partial charge in [0.1, 0.15) is 11.5 Å². The SMILES string of the molecule is CCCCNC=CCS(=O)(=O)NC(=O)/C=C/c1c(C)nn(C)c1-n1ccc2cc(C(F)(F)F)cnc21. The standard InChI is InChI=1S/C23H27F3N6O3S/c1-4-5-10-27-11-6-13-36(34,35)30-20(33)8-7-19-16(2)29-31(3)22(19)32-12-9-17-14-18(23(24,25)26)15-28-21(17)32/h6-9,11-12,14-15,27H,4-5,10,13H2,1-3H3,(H,30,33)/b8-7+,11-6?. The van der Waals surface area contributed by atoms with Crippen LogP contribution < -0.4 is 10.0 Å². The highest BCUT2D eigenvalue weighted by molar-refractivity contribution is 7.90. The number of nitrogens with zero attached hydrogens (tertiary/aromatic N) is 4. The third-order valence-corrected chi connectivity index (χ3v) is 6.35. The van der Waals surface area contributed by atoms with Crippen molar-refractivity contribution in [3.63, 3.8) is 0 Å². The van der Waals surface area contributed by atoms with E-state index in [4.69, 9.17) is 0 Å². The number of alkyl halides is 3. The van der Waals surface area contributed by atoms with Crippen LogP contribution in [-0.2, 0) is 28.0 Å². The van der Waals surface area contributed by atoms with E-state index in [2.05, 4.69) is 15.4 Å². The lowest BCUT2D eigenvalue weighted by Gasteiger charge is -2.09. The fourth-order valence-corrected chi connectivity index (χ4v) is 4.31. The monoisotopic (exact) mass is 524 g/mol. The zero-order valence-electron chi connectivity index (χ0n) is 20.0. The molecule has 0 aliphatic carbocycles. The van der Waals surface area contributed by atoms with Crippen LogP contribution in [0, 0.1) is 6.92 Å². The van der Waals surface area contributed by atoms with E-state index in [0.29, 0.717) is 17.1 Å². The smallest absolute Gasteiger partial charge is 0.391 e. The summed E-state index contributed by atoms with van der Waals surface area (Å²) in [5.41, 5.74) is 0.407. The second-order valence-electron chi connectivity index (χ2n) is 8.06. The average Bonchev–Trinajstić information content (AvgIpc) is 3.32. The quantitative estimate of drug-likeness (QED) is 0.311. The van der Waals surface area contributed by atoms with Crippen molar-refractivity contribution in [3.8, 4) is 5.82 Å². The van der Waals surface area contributed by atoms with Gasteiger partial charge in [0, 0.05) is 43.0 Å². The van der Waals surface area contributed by atoms with Gasteiger partial charge in [0.25, 0.3) is 5.91 Å². The second-order valence-corrected chi connectivity index (χ2v) is 9.82. The minimum Gasteiger partial charge on any atom is -0.391 e. The molecule has 1 amide bonds. The molecule has 2 N–H and O–H groups in total. The van der Waals surface area contributed by atoms with Gasteiger partial charge >= 0.3 is 6.18 Å². The molecule has 0 aromatic carbocycles. The molecule has 36 heavy (non-hydrogen) atoms. The van der Waals surface area contributed by atoms with Gasteiger partial charge in [-0.15, -0.1) is 0 Å². The molecule has 0 spiro atoms. The Labute approximate surface area is 206 Å². The van der Waals surface area contributed by atoms with Crippen LogP contribution in [0.15, 0.2) is 42.9 Å². The summed E-state index contributed by atoms with van der Waals surface area (Å²) in [6.45, 7) is 4.46. The van der Waals surface area contributed by atoms with Crippen molar-refractivity contribution in [2.45, 2.75) is 32.9 Å². The molecule has 3 heterocycles. The highest BCUT2D eigenvalue weighted by atomic mass is 32.2. The molecule has 0 fully saturated rings. The average molecular weight is 525 g/mol. The summed E-state index contributed by atoms with van der Waals surface area (Å²) in [5.74, 6) is -0.770. The molecule has 3 rings (SSSR count). The fourth-order valence-electron chi connectivity index (χ4n) is 3.50. The van der Waals surface area contributed by atoms with Crippen LogP contribution in [0.1, 0.15) is 36.6 Å². The van der Waals surface area contributed by atoms with E-state index in [9.17, 15) is 26.4 Å². The predicted octanol–water partition coefficient (Wildman–Crippen LogP) is 3.45. The lowest BCUT2D eigenvalue weighted by atomic mass is 10.2. The van der Waals surface area contributed by atoms with E-state index in [1.165, 1.54) is 29.1 Å². The van der Waals surface area contributed by atoms with Crippen molar-refractivity contribution in [2.75, 3.05) is 12.3 Å². The number of fused-ring (bicyclic) bond motifs is 1. The normalized spacial score (nSPS) is 12.7. The van der Waals surface area contributed by atoms with E-state index < -0.39 is 27.7 Å². The van der Waals surface area contributed by atoms with Crippen molar-refractivity contribution < 1.29 is 26.4 Å². The topological polar surface area (TPSA) is 111 Å². The maximum absolute atomic E-state index is 13.0. The molecule has 3 aromatic heterocycles. The first-order chi connectivity index (χ1) is 16.9. The summed E-state index contributed by atoms with van der Waals surface area (Å²) in [6, 6.07) is 2.50. The third kappa shape index (κ3) is 6.53. The number of carbonyl (C=O) groups excluding carboxylic acids is 1. The zero-order chi connectivity index (χ0) is 26.5. The number of hydrogen-bond acceptors (Lipinski definition) is 6. The van der Waals surface area contributed by atoms with E-state index >= 15 is 0 Å². The summed E-state index contributed by atoms with van der Waals surface area (Å²) < 4.78 is 68.5. The number of sulfonamides is 1. The number of nitrogens with one attached hydrogen (secondary N) is 2. The molecule has 0 aliphatic rings. The molecule has 0 unspecified atom stereocenters. The zero-order valence-corrected chi connectivity index (χ0v) is 20.8. The van der Waals surface area contributed by atoms with E-state index in [-0.39, 0.29) is 16.8 Å². The van der Waals surface area contributed by atoms with Gasteiger partial charge in [-0.2, -0.15) is 18.3 Å². The van der Waals surface area contributed by atoms with Crippen LogP contribution in [0.25, 0.3) is 22.9 Å². The Bertz CT molecular complexity index is 1400. The van der Waals surface area contributed by atoms with Gasteiger partial charge in [-0.3, -0.25) is 14.0 Å². The van der Waals surface area contributed by atoms with Crippen molar-refractivity contribution in [3.05, 3.63) is 59.7 Å². The molecular formula is C23H27F3N6O3S. The Morgan fingerprint density at radius 2 is 2.03 bits per heavy atom. The summed E-state index contributed by atoms with van der Waals surface area (Å²) in [6.07, 6.45) is 5.17. The first-order valence-corrected chi connectivity index (χ1v) is 12.8. The van der Waals surface area contributed by atoms with Crippen molar-refractivity contribution in [1.82, 2.24) is 29.4 Å². The number of amides is 1. The van der Waals surface area contributed by atoms with E-state index in [1.54, 1.807) is 24.7 Å². The largest absolute Gasteiger partial charge is 0.417 e. The first kappa shape index (κ1) is 27.0. The van der Waals surface area contributed by atoms with Gasteiger partial charge in [-0.05, 0) is 37.8 Å². The van der Waals surface area contributed by atoms with Gasteiger partial charge in [0.2, 0.25) is 10.0 Å². The highest BCUT2D eigenvalue weighted by Gasteiger charge is 2.31. The van der Waals surface area contributed by atoms with E-state index in [1.807, 2.05) is 11.6 Å². The Balaban J connectivity index is 1.80. The van der Waals surface area contributed by atoms with Gasteiger partial charge in [-0.25, -0.2) is 18.1 Å². The maximum atomic E-state index is 13.0. The van der Waals surface area contributed by atoms with Gasteiger partial charge in [-0.1, -0.05) is 19.4 Å². The summed E-state index contributed by atoms with van der Waals surface area (Å²) in [4.78, 5) is 16.3. The number of halogens is 3. The Morgan fingerprint density at radius 1 is 1.28 bits per heavy atom. The fraction of sp³-hybridized carbons (Fsp3) is 0.348. The maximum Gasteiger partial charge on any atom is 0.417 e. The Kier molecular flexibility index (Phi) is 8.23. The van der Waals surface area contributed by atoms with E-state index in [0.717, 1.165) is 37.7 Å². The molecule has 9 nitrogen and oxygen atoms in total. The molecule has 3 aromatic rings. The Hall–Kier alpha value is -3.61. The number of aromatic nitrogens is 4. The third-order valence-electron chi connectivity index (χ3n) is 5.20. The molecule has 0 bridgehead atoms. The number of unbranched alkanes of at least 4 members (excludes halogenated alkanes) is 1.